The first-order chi connectivity index (χ1) is 10.2. The Kier molecular flexibility index (Phi) is 3.93. The standard InChI is InChI=1S/C17H15ClN2O/c1-12-20-17(11-21-12)14-4-8-16(9-5-14)19-10-13-2-6-15(18)7-3-13/h2-9,11,19H,10H2,1H3. The fourth-order valence-corrected chi connectivity index (χ4v) is 2.19. The van der Waals surface area contributed by atoms with Gasteiger partial charge in [0.2, 0.25) is 0 Å². The predicted octanol–water partition coefficient (Wildman–Crippen LogP) is 4.92. The number of nitrogens with one attached hydrogen (secondary N) is 1. The molecule has 0 aliphatic rings. The monoisotopic (exact) mass is 298 g/mol. The summed E-state index contributed by atoms with van der Waals surface area (Å²) < 4.78 is 5.23. The molecule has 0 bridgehead atoms. The van der Waals surface area contributed by atoms with Crippen molar-refractivity contribution in [3.05, 3.63) is 71.3 Å². The molecule has 1 N–H and O–H groups in total. The number of hydrogen-bond acceptors (Lipinski definition) is 3. The Morgan fingerprint density at radius 1 is 1.05 bits per heavy atom. The minimum Gasteiger partial charge on any atom is -0.449 e. The molecular formula is C17H15ClN2O. The lowest BCUT2D eigenvalue weighted by Crippen LogP contribution is -1.98. The molecular weight excluding hydrogens is 284 g/mol. The van der Waals surface area contributed by atoms with Crippen molar-refractivity contribution < 1.29 is 4.42 Å². The molecule has 2 aromatic carbocycles. The zero-order chi connectivity index (χ0) is 14.7. The number of benzene rings is 2. The summed E-state index contributed by atoms with van der Waals surface area (Å²) in [7, 11) is 0. The van der Waals surface area contributed by atoms with Crippen molar-refractivity contribution in [2.24, 2.45) is 0 Å². The van der Waals surface area contributed by atoms with E-state index in [-0.39, 0.29) is 0 Å². The third-order valence-corrected chi connectivity index (χ3v) is 3.46. The van der Waals surface area contributed by atoms with Crippen LogP contribution in [-0.2, 0) is 6.54 Å². The van der Waals surface area contributed by atoms with Crippen molar-refractivity contribution in [1.82, 2.24) is 4.98 Å². The normalized spacial score (nSPS) is 10.6. The molecule has 0 unspecified atom stereocenters. The second-order valence-electron chi connectivity index (χ2n) is 4.81. The highest BCUT2D eigenvalue weighted by Crippen LogP contribution is 2.21. The molecule has 0 fully saturated rings. The highest BCUT2D eigenvalue weighted by Gasteiger charge is 2.03. The molecule has 1 heterocycles. The van der Waals surface area contributed by atoms with Gasteiger partial charge in [0.15, 0.2) is 5.89 Å². The Hall–Kier alpha value is -2.26. The lowest BCUT2D eigenvalue weighted by Gasteiger charge is -2.07. The van der Waals surface area contributed by atoms with Gasteiger partial charge < -0.3 is 9.73 Å². The van der Waals surface area contributed by atoms with Crippen LogP contribution in [0.25, 0.3) is 11.3 Å². The van der Waals surface area contributed by atoms with Crippen LogP contribution in [0, 0.1) is 6.92 Å². The van der Waals surface area contributed by atoms with Crippen LogP contribution >= 0.6 is 11.6 Å². The van der Waals surface area contributed by atoms with E-state index in [1.165, 1.54) is 5.56 Å². The van der Waals surface area contributed by atoms with Crippen molar-refractivity contribution in [2.75, 3.05) is 5.32 Å². The van der Waals surface area contributed by atoms with E-state index < -0.39 is 0 Å². The molecule has 21 heavy (non-hydrogen) atoms. The molecule has 0 radical (unpaired) electrons. The number of oxazole rings is 1. The summed E-state index contributed by atoms with van der Waals surface area (Å²) in [6.45, 7) is 2.60. The molecule has 0 amide bonds. The summed E-state index contributed by atoms with van der Waals surface area (Å²) in [5, 5.41) is 4.13. The first-order valence-electron chi connectivity index (χ1n) is 6.71. The van der Waals surface area contributed by atoms with Gasteiger partial charge in [-0.3, -0.25) is 0 Å². The highest BCUT2D eigenvalue weighted by atomic mass is 35.5. The van der Waals surface area contributed by atoms with Crippen LogP contribution < -0.4 is 5.32 Å². The molecule has 106 valence electrons. The fraction of sp³-hybridized carbons (Fsp3) is 0.118. The number of aromatic nitrogens is 1. The molecule has 0 aliphatic heterocycles. The van der Waals surface area contributed by atoms with E-state index in [2.05, 4.69) is 10.3 Å². The molecule has 4 heteroatoms. The van der Waals surface area contributed by atoms with Crippen LogP contribution in [-0.4, -0.2) is 4.98 Å². The van der Waals surface area contributed by atoms with E-state index in [0.29, 0.717) is 5.89 Å². The third kappa shape index (κ3) is 3.44. The molecule has 3 nitrogen and oxygen atoms in total. The molecule has 1 aromatic heterocycles. The van der Waals surface area contributed by atoms with Gasteiger partial charge in [-0.05, 0) is 29.8 Å². The first-order valence-corrected chi connectivity index (χ1v) is 7.09. The van der Waals surface area contributed by atoms with Crippen LogP contribution in [0.2, 0.25) is 5.02 Å². The Morgan fingerprint density at radius 2 is 1.76 bits per heavy atom. The topological polar surface area (TPSA) is 38.1 Å². The quantitative estimate of drug-likeness (QED) is 0.743. The van der Waals surface area contributed by atoms with Gasteiger partial charge in [0, 0.05) is 29.7 Å². The van der Waals surface area contributed by atoms with E-state index in [0.717, 1.165) is 28.5 Å². The van der Waals surface area contributed by atoms with E-state index in [4.69, 9.17) is 16.0 Å². The maximum absolute atomic E-state index is 5.87. The third-order valence-electron chi connectivity index (χ3n) is 3.21. The van der Waals surface area contributed by atoms with Crippen LogP contribution in [0.4, 0.5) is 5.69 Å². The van der Waals surface area contributed by atoms with Gasteiger partial charge >= 0.3 is 0 Å². The zero-order valence-corrected chi connectivity index (χ0v) is 12.4. The Morgan fingerprint density at radius 3 is 2.38 bits per heavy atom. The summed E-state index contributed by atoms with van der Waals surface area (Å²) in [6, 6.07) is 16.0. The van der Waals surface area contributed by atoms with Crippen LogP contribution in [0.5, 0.6) is 0 Å². The van der Waals surface area contributed by atoms with Crippen molar-refractivity contribution in [3.63, 3.8) is 0 Å². The second-order valence-corrected chi connectivity index (χ2v) is 5.25. The minimum atomic E-state index is 0.676. The van der Waals surface area contributed by atoms with Crippen molar-refractivity contribution in [2.45, 2.75) is 13.5 Å². The number of rotatable bonds is 4. The summed E-state index contributed by atoms with van der Waals surface area (Å²) in [4.78, 5) is 4.31. The molecule has 0 atom stereocenters. The highest BCUT2D eigenvalue weighted by molar-refractivity contribution is 6.30. The van der Waals surface area contributed by atoms with E-state index in [1.54, 1.807) is 6.26 Å². The molecule has 0 saturated heterocycles. The fourth-order valence-electron chi connectivity index (χ4n) is 2.06. The van der Waals surface area contributed by atoms with Gasteiger partial charge in [0.25, 0.3) is 0 Å². The Labute approximate surface area is 128 Å². The maximum atomic E-state index is 5.87. The average Bonchev–Trinajstić information content (AvgIpc) is 2.94. The van der Waals surface area contributed by atoms with Crippen LogP contribution in [0.15, 0.2) is 59.2 Å². The van der Waals surface area contributed by atoms with Crippen LogP contribution in [0.3, 0.4) is 0 Å². The maximum Gasteiger partial charge on any atom is 0.191 e. The lowest BCUT2D eigenvalue weighted by molar-refractivity contribution is 0.521. The number of aryl methyl sites for hydroxylation is 1. The Bertz CT molecular complexity index is 717. The average molecular weight is 299 g/mol. The molecule has 0 spiro atoms. The van der Waals surface area contributed by atoms with Gasteiger partial charge in [0.05, 0.1) is 0 Å². The minimum absolute atomic E-state index is 0.676. The molecule has 0 aliphatic carbocycles. The molecule has 3 aromatic rings. The van der Waals surface area contributed by atoms with Crippen LogP contribution in [0.1, 0.15) is 11.5 Å². The molecule has 3 rings (SSSR count). The summed E-state index contributed by atoms with van der Waals surface area (Å²) >= 11 is 5.87. The largest absolute Gasteiger partial charge is 0.449 e. The van der Waals surface area contributed by atoms with Gasteiger partial charge in [-0.25, -0.2) is 4.98 Å². The first kappa shape index (κ1) is 13.7. The van der Waals surface area contributed by atoms with Crippen molar-refractivity contribution in [3.8, 4) is 11.3 Å². The van der Waals surface area contributed by atoms with Crippen molar-refractivity contribution in [1.29, 1.82) is 0 Å². The number of hydrogen-bond donors (Lipinski definition) is 1. The summed E-state index contributed by atoms with van der Waals surface area (Å²) in [5.41, 5.74) is 4.16. The number of anilines is 1. The van der Waals surface area contributed by atoms with Gasteiger partial charge in [-0.1, -0.05) is 35.9 Å². The van der Waals surface area contributed by atoms with Gasteiger partial charge in [-0.2, -0.15) is 0 Å². The van der Waals surface area contributed by atoms with E-state index in [9.17, 15) is 0 Å². The number of nitrogens with zero attached hydrogens (tertiary/aromatic N) is 1. The SMILES string of the molecule is Cc1nc(-c2ccc(NCc3ccc(Cl)cc3)cc2)co1. The second kappa shape index (κ2) is 6.02. The number of halogens is 1. The molecule has 0 saturated carbocycles. The van der Waals surface area contributed by atoms with Crippen molar-refractivity contribution >= 4 is 17.3 Å². The Balaban J connectivity index is 1.65. The van der Waals surface area contributed by atoms with E-state index >= 15 is 0 Å². The summed E-state index contributed by atoms with van der Waals surface area (Å²) in [6.07, 6.45) is 1.67. The predicted molar refractivity (Wildman–Crippen MR) is 85.5 cm³/mol. The smallest absolute Gasteiger partial charge is 0.191 e. The van der Waals surface area contributed by atoms with Gasteiger partial charge in [0.1, 0.15) is 12.0 Å². The van der Waals surface area contributed by atoms with Gasteiger partial charge in [-0.15, -0.1) is 0 Å². The van der Waals surface area contributed by atoms with E-state index in [1.807, 2.05) is 55.5 Å². The summed E-state index contributed by atoms with van der Waals surface area (Å²) in [5.74, 6) is 0.676. The lowest BCUT2D eigenvalue weighted by atomic mass is 10.1. The zero-order valence-electron chi connectivity index (χ0n) is 11.6.